The third kappa shape index (κ3) is 4.92. The Morgan fingerprint density at radius 1 is 1.22 bits per heavy atom. The average molecular weight is 369 g/mol. The van der Waals surface area contributed by atoms with Crippen molar-refractivity contribution in [3.8, 4) is 11.5 Å². The smallest absolute Gasteiger partial charge is 0.322 e. The molecule has 0 aliphatic carbocycles. The number of urea groups is 1. The van der Waals surface area contributed by atoms with E-state index in [0.717, 1.165) is 31.8 Å². The maximum Gasteiger partial charge on any atom is 0.322 e. The van der Waals surface area contributed by atoms with Crippen LogP contribution in [0.25, 0.3) is 0 Å². The molecule has 0 bridgehead atoms. The van der Waals surface area contributed by atoms with Crippen LogP contribution in [0.4, 0.5) is 10.5 Å². The van der Waals surface area contributed by atoms with Gasteiger partial charge in [0.05, 0.1) is 7.11 Å². The van der Waals surface area contributed by atoms with E-state index in [1.807, 2.05) is 24.0 Å². The zero-order valence-electron chi connectivity index (χ0n) is 15.9. The van der Waals surface area contributed by atoms with Crippen LogP contribution in [-0.4, -0.2) is 53.7 Å². The summed E-state index contributed by atoms with van der Waals surface area (Å²) < 4.78 is 5.21. The molecule has 2 N–H and O–H groups in total. The van der Waals surface area contributed by atoms with Crippen LogP contribution in [0.15, 0.2) is 48.5 Å². The molecule has 0 aromatic heterocycles. The number of aromatic hydroxyl groups is 1. The van der Waals surface area contributed by atoms with Gasteiger partial charge in [-0.2, -0.15) is 0 Å². The molecule has 1 aliphatic heterocycles. The molecule has 0 spiro atoms. The van der Waals surface area contributed by atoms with Crippen LogP contribution in [0.5, 0.6) is 11.5 Å². The van der Waals surface area contributed by atoms with Crippen molar-refractivity contribution in [2.75, 3.05) is 32.1 Å². The number of amides is 2. The predicted octanol–water partition coefficient (Wildman–Crippen LogP) is 3.53. The fraction of sp³-hybridized carbons (Fsp3) is 0.381. The molecule has 0 saturated carbocycles. The Morgan fingerprint density at radius 3 is 2.56 bits per heavy atom. The second kappa shape index (κ2) is 8.77. The molecule has 3 rings (SSSR count). The molecule has 1 atom stereocenters. The molecule has 1 fully saturated rings. The molecule has 1 heterocycles. The number of hydrogen-bond acceptors (Lipinski definition) is 4. The van der Waals surface area contributed by atoms with Gasteiger partial charge in [0.15, 0.2) is 0 Å². The van der Waals surface area contributed by atoms with E-state index in [1.54, 1.807) is 31.4 Å². The van der Waals surface area contributed by atoms with E-state index < -0.39 is 0 Å². The number of ether oxygens (including phenoxy) is 1. The predicted molar refractivity (Wildman–Crippen MR) is 106 cm³/mol. The number of nitrogens with one attached hydrogen (secondary N) is 1. The van der Waals surface area contributed by atoms with Gasteiger partial charge in [-0.25, -0.2) is 4.79 Å². The topological polar surface area (TPSA) is 65.0 Å². The van der Waals surface area contributed by atoms with E-state index in [9.17, 15) is 9.90 Å². The number of carbonyl (C=O) groups is 1. The highest BCUT2D eigenvalue weighted by Crippen LogP contribution is 2.21. The number of phenols is 1. The lowest BCUT2D eigenvalue weighted by molar-refractivity contribution is 0.189. The summed E-state index contributed by atoms with van der Waals surface area (Å²) in [4.78, 5) is 16.9. The van der Waals surface area contributed by atoms with Crippen molar-refractivity contribution >= 4 is 11.7 Å². The van der Waals surface area contributed by atoms with E-state index in [1.165, 1.54) is 5.56 Å². The summed E-state index contributed by atoms with van der Waals surface area (Å²) in [5.41, 5.74) is 1.93. The number of likely N-dealkylation sites (tertiary alicyclic amines) is 1. The minimum Gasteiger partial charge on any atom is -0.508 e. The molecule has 1 saturated heterocycles. The maximum absolute atomic E-state index is 12.7. The Bertz CT molecular complexity index is 746. The largest absolute Gasteiger partial charge is 0.508 e. The molecular formula is C21H27N3O3. The monoisotopic (exact) mass is 369 g/mol. The first-order valence-corrected chi connectivity index (χ1v) is 9.31. The second-order valence-electron chi connectivity index (χ2n) is 6.79. The summed E-state index contributed by atoms with van der Waals surface area (Å²) in [7, 11) is 1.67. The van der Waals surface area contributed by atoms with Gasteiger partial charge in [-0.3, -0.25) is 4.90 Å². The maximum atomic E-state index is 12.7. The van der Waals surface area contributed by atoms with Crippen molar-refractivity contribution in [1.82, 2.24) is 9.80 Å². The van der Waals surface area contributed by atoms with Crippen LogP contribution in [-0.2, 0) is 6.54 Å². The lowest BCUT2D eigenvalue weighted by Crippen LogP contribution is -2.44. The van der Waals surface area contributed by atoms with Gasteiger partial charge in [0, 0.05) is 37.9 Å². The summed E-state index contributed by atoms with van der Waals surface area (Å²) >= 11 is 0. The Hall–Kier alpha value is -2.73. The number of methoxy groups -OCH3 is 1. The zero-order chi connectivity index (χ0) is 19.2. The summed E-state index contributed by atoms with van der Waals surface area (Å²) in [6.07, 6.45) is 0.965. The van der Waals surface area contributed by atoms with E-state index in [-0.39, 0.29) is 17.8 Å². The second-order valence-corrected chi connectivity index (χ2v) is 6.79. The molecule has 27 heavy (non-hydrogen) atoms. The lowest BCUT2D eigenvalue weighted by Gasteiger charge is -2.28. The molecular weight excluding hydrogens is 342 g/mol. The van der Waals surface area contributed by atoms with E-state index in [2.05, 4.69) is 22.3 Å². The van der Waals surface area contributed by atoms with Crippen molar-refractivity contribution in [3.05, 3.63) is 54.1 Å². The highest BCUT2D eigenvalue weighted by molar-refractivity contribution is 5.89. The molecule has 6 heteroatoms. The van der Waals surface area contributed by atoms with Gasteiger partial charge in [-0.1, -0.05) is 12.1 Å². The Kier molecular flexibility index (Phi) is 6.19. The Morgan fingerprint density at radius 2 is 1.93 bits per heavy atom. The van der Waals surface area contributed by atoms with Crippen LogP contribution >= 0.6 is 0 Å². The van der Waals surface area contributed by atoms with Crippen LogP contribution in [0.3, 0.4) is 0 Å². The summed E-state index contributed by atoms with van der Waals surface area (Å²) in [6.45, 7) is 5.37. The molecule has 2 amide bonds. The normalized spacial score (nSPS) is 16.9. The highest BCUT2D eigenvalue weighted by Gasteiger charge is 2.29. The third-order valence-corrected chi connectivity index (χ3v) is 4.97. The van der Waals surface area contributed by atoms with E-state index in [4.69, 9.17) is 4.74 Å². The van der Waals surface area contributed by atoms with Gasteiger partial charge in [0.2, 0.25) is 0 Å². The van der Waals surface area contributed by atoms with Crippen molar-refractivity contribution in [2.24, 2.45) is 0 Å². The van der Waals surface area contributed by atoms with Crippen LogP contribution in [0.1, 0.15) is 18.9 Å². The molecule has 1 aliphatic rings. The fourth-order valence-corrected chi connectivity index (χ4v) is 3.51. The number of nitrogens with zero attached hydrogens (tertiary/aromatic N) is 2. The van der Waals surface area contributed by atoms with Crippen LogP contribution < -0.4 is 10.1 Å². The SMILES string of the molecule is CCN(C(=O)Nc1ccc(O)cc1)C1CCN(Cc2ccc(OC)cc2)C1. The standard InChI is InChI=1S/C21H27N3O3/c1-3-24(21(26)22-17-6-8-19(25)9-7-17)18-12-13-23(15-18)14-16-4-10-20(27-2)11-5-16/h4-11,18,25H,3,12-15H2,1-2H3,(H,22,26). The molecule has 6 nitrogen and oxygen atoms in total. The number of anilines is 1. The zero-order valence-corrected chi connectivity index (χ0v) is 15.9. The first kappa shape index (κ1) is 19.0. The number of benzene rings is 2. The van der Waals surface area contributed by atoms with Crippen molar-refractivity contribution in [1.29, 1.82) is 0 Å². The summed E-state index contributed by atoms with van der Waals surface area (Å²) in [5, 5.41) is 12.3. The van der Waals surface area contributed by atoms with Gasteiger partial charge in [0.25, 0.3) is 0 Å². The fourth-order valence-electron chi connectivity index (χ4n) is 3.51. The molecule has 144 valence electrons. The number of hydrogen-bond donors (Lipinski definition) is 2. The summed E-state index contributed by atoms with van der Waals surface area (Å²) in [6, 6.07) is 14.8. The minimum atomic E-state index is -0.0977. The number of phenolic OH excluding ortho intramolecular Hbond substituents is 1. The van der Waals surface area contributed by atoms with Gasteiger partial charge < -0.3 is 20.1 Å². The van der Waals surface area contributed by atoms with Crippen LogP contribution in [0.2, 0.25) is 0 Å². The Balaban J connectivity index is 1.56. The van der Waals surface area contributed by atoms with Crippen molar-refractivity contribution in [3.63, 3.8) is 0 Å². The first-order chi connectivity index (χ1) is 13.1. The van der Waals surface area contributed by atoms with Gasteiger partial charge in [-0.15, -0.1) is 0 Å². The molecule has 1 unspecified atom stereocenters. The average Bonchev–Trinajstić information content (AvgIpc) is 3.13. The number of likely N-dealkylation sites (N-methyl/N-ethyl adjacent to an activating group) is 1. The Labute approximate surface area is 160 Å². The lowest BCUT2D eigenvalue weighted by atomic mass is 10.2. The summed E-state index contributed by atoms with van der Waals surface area (Å²) in [5.74, 6) is 1.05. The van der Waals surface area contributed by atoms with Crippen molar-refractivity contribution < 1.29 is 14.6 Å². The number of rotatable bonds is 6. The van der Waals surface area contributed by atoms with E-state index >= 15 is 0 Å². The minimum absolute atomic E-state index is 0.0977. The molecule has 2 aromatic rings. The van der Waals surface area contributed by atoms with Gasteiger partial charge in [0.1, 0.15) is 11.5 Å². The van der Waals surface area contributed by atoms with E-state index in [0.29, 0.717) is 12.2 Å². The van der Waals surface area contributed by atoms with Gasteiger partial charge >= 0.3 is 6.03 Å². The quantitative estimate of drug-likeness (QED) is 0.765. The molecule has 0 radical (unpaired) electrons. The van der Waals surface area contributed by atoms with Crippen molar-refractivity contribution in [2.45, 2.75) is 25.9 Å². The third-order valence-electron chi connectivity index (χ3n) is 4.97. The number of carbonyl (C=O) groups excluding carboxylic acids is 1. The van der Waals surface area contributed by atoms with Gasteiger partial charge in [-0.05, 0) is 55.3 Å². The van der Waals surface area contributed by atoms with Crippen LogP contribution in [0, 0.1) is 0 Å². The highest BCUT2D eigenvalue weighted by atomic mass is 16.5. The first-order valence-electron chi connectivity index (χ1n) is 9.31. The molecule has 2 aromatic carbocycles.